The Kier molecular flexibility index (Phi) is 10.9. The highest BCUT2D eigenvalue weighted by molar-refractivity contribution is 7.98. The first-order chi connectivity index (χ1) is 18.9. The van der Waals surface area contributed by atoms with Crippen molar-refractivity contribution in [2.24, 2.45) is 0 Å². The molecule has 1 fully saturated rings. The van der Waals surface area contributed by atoms with Gasteiger partial charge >= 0.3 is 6.09 Å². The molecule has 8 nitrogen and oxygen atoms in total. The molecule has 2 atom stereocenters. The molecule has 1 aliphatic carbocycles. The number of thioether (sulfide) groups is 1. The Labute approximate surface area is 242 Å². The van der Waals surface area contributed by atoms with Crippen molar-refractivity contribution < 1.29 is 23.9 Å². The number of hydrogen-bond donors (Lipinski definition) is 2. The zero-order valence-corrected chi connectivity index (χ0v) is 25.5. The maximum Gasteiger partial charge on any atom is 0.408 e. The lowest BCUT2D eigenvalue weighted by Crippen LogP contribution is -2.57. The number of rotatable bonds is 11. The van der Waals surface area contributed by atoms with Crippen LogP contribution >= 0.6 is 11.8 Å². The summed E-state index contributed by atoms with van der Waals surface area (Å²) in [7, 11) is 1.59. The van der Waals surface area contributed by atoms with E-state index in [0.29, 0.717) is 23.6 Å². The Balaban J connectivity index is 2.02. The van der Waals surface area contributed by atoms with Crippen LogP contribution in [0.25, 0.3) is 0 Å². The third kappa shape index (κ3) is 8.40. The summed E-state index contributed by atoms with van der Waals surface area (Å²) in [6.45, 7) is 9.36. The molecule has 1 aliphatic rings. The number of anilines is 1. The molecule has 0 saturated heterocycles. The van der Waals surface area contributed by atoms with Gasteiger partial charge in [0.1, 0.15) is 23.4 Å². The quantitative estimate of drug-likeness (QED) is 0.344. The van der Waals surface area contributed by atoms with Gasteiger partial charge in [0.25, 0.3) is 5.91 Å². The molecule has 40 heavy (non-hydrogen) atoms. The lowest BCUT2D eigenvalue weighted by molar-refractivity contribution is -0.145. The van der Waals surface area contributed by atoms with E-state index < -0.39 is 23.8 Å². The van der Waals surface area contributed by atoms with E-state index in [1.165, 1.54) is 0 Å². The second kappa shape index (κ2) is 13.9. The SMILES string of the molecule is COc1ccc(NC(=O)C(c2ccc(C)c(C)c2)N(C(=O)C(CCSC)NC(=O)OC(C)(C)C)C2CCC2)cc1. The predicted molar refractivity (Wildman–Crippen MR) is 161 cm³/mol. The van der Waals surface area contributed by atoms with Crippen LogP contribution in [0.4, 0.5) is 10.5 Å². The summed E-state index contributed by atoms with van der Waals surface area (Å²) in [6.07, 6.45) is 4.30. The summed E-state index contributed by atoms with van der Waals surface area (Å²) in [5.74, 6) is 0.754. The standard InChI is InChI=1S/C31H43N3O5S/c1-20-11-12-22(19-21(20)2)27(28(35)32-23-13-15-25(38-6)16-14-23)34(24-9-8-10-24)29(36)26(17-18-40-7)33-30(37)39-31(3,4)5/h11-16,19,24,26-27H,8-10,17-18H2,1-7H3,(H,32,35)(H,33,37). The van der Waals surface area contributed by atoms with Crippen molar-refractivity contribution in [3.8, 4) is 5.75 Å². The fraction of sp³-hybridized carbons (Fsp3) is 0.516. The van der Waals surface area contributed by atoms with E-state index in [2.05, 4.69) is 10.6 Å². The first-order valence-corrected chi connectivity index (χ1v) is 15.2. The number of ether oxygens (including phenoxy) is 2. The molecule has 0 aliphatic heterocycles. The summed E-state index contributed by atoms with van der Waals surface area (Å²) in [5, 5.41) is 5.82. The van der Waals surface area contributed by atoms with E-state index in [9.17, 15) is 14.4 Å². The Morgan fingerprint density at radius 1 is 1.05 bits per heavy atom. The van der Waals surface area contributed by atoms with Crippen molar-refractivity contribution in [1.29, 1.82) is 0 Å². The van der Waals surface area contributed by atoms with Gasteiger partial charge in [-0.3, -0.25) is 9.59 Å². The van der Waals surface area contributed by atoms with E-state index in [1.807, 2.05) is 38.3 Å². The van der Waals surface area contributed by atoms with E-state index in [1.54, 1.807) is 68.8 Å². The van der Waals surface area contributed by atoms with E-state index in [0.717, 1.165) is 36.0 Å². The van der Waals surface area contributed by atoms with Crippen LogP contribution in [0, 0.1) is 13.8 Å². The molecule has 1 saturated carbocycles. The highest BCUT2D eigenvalue weighted by Crippen LogP contribution is 2.35. The molecule has 0 heterocycles. The number of benzene rings is 2. The number of nitrogens with one attached hydrogen (secondary N) is 2. The van der Waals surface area contributed by atoms with Crippen molar-refractivity contribution in [3.63, 3.8) is 0 Å². The van der Waals surface area contributed by atoms with Crippen molar-refractivity contribution >= 4 is 35.4 Å². The molecule has 2 unspecified atom stereocenters. The molecule has 218 valence electrons. The number of carbonyl (C=O) groups excluding carboxylic acids is 3. The third-order valence-corrected chi connectivity index (χ3v) is 7.70. The molecular formula is C31H43N3O5S. The maximum atomic E-state index is 14.3. The zero-order chi connectivity index (χ0) is 29.4. The summed E-state index contributed by atoms with van der Waals surface area (Å²) in [5.41, 5.74) is 2.77. The number of methoxy groups -OCH3 is 1. The molecule has 9 heteroatoms. The first kappa shape index (κ1) is 31.3. The van der Waals surface area contributed by atoms with Crippen LogP contribution in [0.15, 0.2) is 42.5 Å². The van der Waals surface area contributed by atoms with Crippen molar-refractivity contribution in [3.05, 3.63) is 59.2 Å². The highest BCUT2D eigenvalue weighted by Gasteiger charge is 2.42. The molecular weight excluding hydrogens is 526 g/mol. The van der Waals surface area contributed by atoms with Gasteiger partial charge in [0, 0.05) is 11.7 Å². The average Bonchev–Trinajstić information content (AvgIpc) is 2.86. The minimum Gasteiger partial charge on any atom is -0.497 e. The number of amides is 3. The van der Waals surface area contributed by atoms with E-state index >= 15 is 0 Å². The first-order valence-electron chi connectivity index (χ1n) is 13.8. The molecule has 0 spiro atoms. The fourth-order valence-corrected chi connectivity index (χ4v) is 5.04. The fourth-order valence-electron chi connectivity index (χ4n) is 4.56. The average molecular weight is 570 g/mol. The minimum atomic E-state index is -0.878. The summed E-state index contributed by atoms with van der Waals surface area (Å²) >= 11 is 1.59. The monoisotopic (exact) mass is 569 g/mol. The van der Waals surface area contributed by atoms with Gasteiger partial charge in [0.05, 0.1) is 7.11 Å². The van der Waals surface area contributed by atoms with Crippen LogP contribution in [0.2, 0.25) is 0 Å². The van der Waals surface area contributed by atoms with Gasteiger partial charge in [-0.15, -0.1) is 0 Å². The van der Waals surface area contributed by atoms with Crippen LogP contribution in [0.5, 0.6) is 5.75 Å². The highest BCUT2D eigenvalue weighted by atomic mass is 32.2. The van der Waals surface area contributed by atoms with Crippen molar-refractivity contribution in [2.75, 3.05) is 24.4 Å². The Morgan fingerprint density at radius 2 is 1.73 bits per heavy atom. The van der Waals surface area contributed by atoms with Gasteiger partial charge in [-0.05, 0) is 113 Å². The number of aryl methyl sites for hydroxylation is 2. The van der Waals surface area contributed by atoms with Crippen molar-refractivity contribution in [1.82, 2.24) is 10.2 Å². The normalized spacial score (nSPS) is 14.9. The number of carbonyl (C=O) groups is 3. The molecule has 2 aromatic rings. The largest absolute Gasteiger partial charge is 0.497 e. The van der Waals surface area contributed by atoms with Gasteiger partial charge in [-0.25, -0.2) is 4.79 Å². The molecule has 0 aromatic heterocycles. The van der Waals surface area contributed by atoms with Crippen LogP contribution in [0.1, 0.15) is 69.2 Å². The maximum absolute atomic E-state index is 14.3. The van der Waals surface area contributed by atoms with Gasteiger partial charge < -0.3 is 25.0 Å². The molecule has 3 amide bonds. The summed E-state index contributed by atoms with van der Waals surface area (Å²) < 4.78 is 10.7. The van der Waals surface area contributed by atoms with Crippen LogP contribution < -0.4 is 15.4 Å². The van der Waals surface area contributed by atoms with Gasteiger partial charge in [0.2, 0.25) is 5.91 Å². The Bertz CT molecular complexity index is 1170. The topological polar surface area (TPSA) is 97.0 Å². The minimum absolute atomic E-state index is 0.113. The van der Waals surface area contributed by atoms with Gasteiger partial charge in [-0.1, -0.05) is 18.2 Å². The third-order valence-electron chi connectivity index (χ3n) is 7.05. The summed E-state index contributed by atoms with van der Waals surface area (Å²) in [6, 6.07) is 11.1. The van der Waals surface area contributed by atoms with Crippen LogP contribution in [-0.2, 0) is 14.3 Å². The zero-order valence-electron chi connectivity index (χ0n) is 24.7. The Morgan fingerprint density at radius 3 is 2.25 bits per heavy atom. The molecule has 3 rings (SSSR count). The molecule has 0 bridgehead atoms. The van der Waals surface area contributed by atoms with Crippen LogP contribution in [-0.4, -0.2) is 59.6 Å². The van der Waals surface area contributed by atoms with Crippen LogP contribution in [0.3, 0.4) is 0 Å². The number of hydrogen-bond acceptors (Lipinski definition) is 6. The predicted octanol–water partition coefficient (Wildman–Crippen LogP) is 6.02. The number of nitrogens with zero attached hydrogens (tertiary/aromatic N) is 1. The lowest BCUT2D eigenvalue weighted by atomic mass is 9.87. The van der Waals surface area contributed by atoms with E-state index in [4.69, 9.17) is 9.47 Å². The molecule has 2 aromatic carbocycles. The number of alkyl carbamates (subject to hydrolysis) is 1. The van der Waals surface area contributed by atoms with E-state index in [-0.39, 0.29) is 17.9 Å². The second-order valence-electron chi connectivity index (χ2n) is 11.3. The Hall–Kier alpha value is -3.20. The van der Waals surface area contributed by atoms with Gasteiger partial charge in [-0.2, -0.15) is 11.8 Å². The second-order valence-corrected chi connectivity index (χ2v) is 12.3. The molecule has 0 radical (unpaired) electrons. The summed E-state index contributed by atoms with van der Waals surface area (Å²) in [4.78, 5) is 42.9. The van der Waals surface area contributed by atoms with Crippen molar-refractivity contribution in [2.45, 2.75) is 84.0 Å². The molecule has 2 N–H and O–H groups in total. The lowest BCUT2D eigenvalue weighted by Gasteiger charge is -2.43. The smallest absolute Gasteiger partial charge is 0.408 e. The van der Waals surface area contributed by atoms with Gasteiger partial charge in [0.15, 0.2) is 0 Å².